The third kappa shape index (κ3) is 3.73. The van der Waals surface area contributed by atoms with Gasteiger partial charge < -0.3 is 10.6 Å². The number of hydrazone groups is 1. The molecule has 0 spiro atoms. The minimum absolute atomic E-state index is 0.111. The first-order chi connectivity index (χ1) is 15.7. The van der Waals surface area contributed by atoms with Crippen LogP contribution in [0.3, 0.4) is 0 Å². The van der Waals surface area contributed by atoms with Crippen LogP contribution in [0.1, 0.15) is 31.2 Å². The van der Waals surface area contributed by atoms with Gasteiger partial charge in [-0.05, 0) is 62.1 Å². The first-order valence-corrected chi connectivity index (χ1v) is 11.8. The van der Waals surface area contributed by atoms with E-state index in [4.69, 9.17) is 0 Å². The van der Waals surface area contributed by atoms with Crippen molar-refractivity contribution in [3.05, 3.63) is 71.4 Å². The van der Waals surface area contributed by atoms with E-state index in [1.54, 1.807) is 11.8 Å². The number of hydrogen-bond donors (Lipinski definition) is 3. The van der Waals surface area contributed by atoms with Crippen LogP contribution in [0.2, 0.25) is 0 Å². The molecule has 0 aromatic heterocycles. The first-order valence-electron chi connectivity index (χ1n) is 11.0. The molecule has 2 heterocycles. The van der Waals surface area contributed by atoms with E-state index in [1.807, 2.05) is 48.5 Å². The second kappa shape index (κ2) is 7.67. The summed E-state index contributed by atoms with van der Waals surface area (Å²) in [6.45, 7) is 0. The van der Waals surface area contributed by atoms with E-state index in [2.05, 4.69) is 27.2 Å². The zero-order valence-electron chi connectivity index (χ0n) is 17.4. The third-order valence-corrected chi connectivity index (χ3v) is 7.10. The van der Waals surface area contributed by atoms with Crippen molar-refractivity contribution in [3.8, 4) is 0 Å². The predicted octanol–water partition coefficient (Wildman–Crippen LogP) is 4.74. The minimum atomic E-state index is -0.148. The standard InChI is InChI=1S/C25H22N4O2S/c30-24(15-7-8-15)26-16-9-11-17(12-10-16)32-21-13-20(27-19-4-2-1-3-18(19)21)22-23(14-5-6-14)28-29-25(22)31/h1-4,9-15,27H,5-8H2,(H,26,30)(H,29,31)/b22-20-. The number of para-hydroxylation sites is 1. The van der Waals surface area contributed by atoms with Crippen molar-refractivity contribution in [1.82, 2.24) is 5.43 Å². The summed E-state index contributed by atoms with van der Waals surface area (Å²) in [5.74, 6) is 0.520. The third-order valence-electron chi connectivity index (χ3n) is 6.03. The average Bonchev–Trinajstić information content (AvgIpc) is 3.73. The number of rotatable bonds is 5. The molecule has 0 unspecified atom stereocenters. The van der Waals surface area contributed by atoms with Gasteiger partial charge in [0, 0.05) is 38.6 Å². The van der Waals surface area contributed by atoms with Crippen molar-refractivity contribution < 1.29 is 9.59 Å². The molecule has 2 aliphatic carbocycles. The Labute approximate surface area is 190 Å². The highest BCUT2D eigenvalue weighted by Gasteiger charge is 2.38. The summed E-state index contributed by atoms with van der Waals surface area (Å²) >= 11 is 1.65. The summed E-state index contributed by atoms with van der Waals surface area (Å²) in [5, 5.41) is 10.7. The Kier molecular flexibility index (Phi) is 4.64. The van der Waals surface area contributed by atoms with Gasteiger partial charge in [-0.15, -0.1) is 0 Å². The number of hydrogen-bond acceptors (Lipinski definition) is 5. The fraction of sp³-hybridized carbons (Fsp3) is 0.240. The van der Waals surface area contributed by atoms with Gasteiger partial charge >= 0.3 is 0 Å². The van der Waals surface area contributed by atoms with Crippen LogP contribution in [0.4, 0.5) is 11.4 Å². The van der Waals surface area contributed by atoms with Crippen molar-refractivity contribution in [2.45, 2.75) is 30.6 Å². The lowest BCUT2D eigenvalue weighted by Gasteiger charge is -2.22. The Morgan fingerprint density at radius 3 is 2.56 bits per heavy atom. The van der Waals surface area contributed by atoms with Crippen LogP contribution in [0, 0.1) is 11.8 Å². The monoisotopic (exact) mass is 442 g/mol. The quantitative estimate of drug-likeness (QED) is 0.584. The maximum absolute atomic E-state index is 12.6. The van der Waals surface area contributed by atoms with Gasteiger partial charge in [-0.25, -0.2) is 5.43 Å². The van der Waals surface area contributed by atoms with Gasteiger partial charge in [0.05, 0.1) is 17.0 Å². The molecule has 4 aliphatic rings. The number of allylic oxidation sites excluding steroid dienone is 1. The summed E-state index contributed by atoms with van der Waals surface area (Å²) in [5.41, 5.74) is 7.84. The number of amides is 2. The molecule has 0 bridgehead atoms. The van der Waals surface area contributed by atoms with Crippen LogP contribution < -0.4 is 16.1 Å². The predicted molar refractivity (Wildman–Crippen MR) is 127 cm³/mol. The van der Waals surface area contributed by atoms with E-state index in [1.165, 1.54) is 0 Å². The fourth-order valence-electron chi connectivity index (χ4n) is 3.99. The molecule has 2 fully saturated rings. The normalized spacial score (nSPS) is 21.8. The second-order valence-corrected chi connectivity index (χ2v) is 9.69. The highest BCUT2D eigenvalue weighted by atomic mass is 32.2. The van der Waals surface area contributed by atoms with Crippen LogP contribution in [0.25, 0.3) is 4.91 Å². The van der Waals surface area contributed by atoms with E-state index < -0.39 is 0 Å². The Balaban J connectivity index is 1.31. The molecule has 6 nitrogen and oxygen atoms in total. The number of nitrogens with one attached hydrogen (secondary N) is 3. The maximum atomic E-state index is 12.6. The summed E-state index contributed by atoms with van der Waals surface area (Å²) in [4.78, 5) is 26.7. The number of nitrogens with zero attached hydrogens (tertiary/aromatic N) is 1. The summed E-state index contributed by atoms with van der Waals surface area (Å²) in [6, 6.07) is 16.0. The van der Waals surface area contributed by atoms with Crippen molar-refractivity contribution >= 4 is 45.6 Å². The molecule has 2 aliphatic heterocycles. The molecule has 3 N–H and O–H groups in total. The van der Waals surface area contributed by atoms with Crippen molar-refractivity contribution in [2.24, 2.45) is 16.9 Å². The van der Waals surface area contributed by atoms with Gasteiger partial charge in [-0.1, -0.05) is 30.0 Å². The molecule has 7 heteroatoms. The largest absolute Gasteiger partial charge is 0.354 e. The van der Waals surface area contributed by atoms with Gasteiger partial charge in [0.1, 0.15) is 0 Å². The zero-order valence-corrected chi connectivity index (χ0v) is 18.2. The van der Waals surface area contributed by atoms with E-state index in [0.717, 1.165) is 63.8 Å². The lowest BCUT2D eigenvalue weighted by Crippen LogP contribution is -2.20. The van der Waals surface area contributed by atoms with Crippen LogP contribution in [-0.4, -0.2) is 17.5 Å². The number of thioether (sulfide) groups is 1. The Bertz CT molecular complexity index is 1220. The number of carbonyl (C=O) groups is 2. The van der Waals surface area contributed by atoms with Gasteiger partial charge in [0.25, 0.3) is 5.91 Å². The van der Waals surface area contributed by atoms with E-state index in [-0.39, 0.29) is 17.7 Å². The average molecular weight is 443 g/mol. The lowest BCUT2D eigenvalue weighted by molar-refractivity contribution is -0.117. The number of carbonyl (C=O) groups excluding carboxylic acids is 2. The molecule has 2 saturated carbocycles. The zero-order chi connectivity index (χ0) is 21.7. The van der Waals surface area contributed by atoms with E-state index in [9.17, 15) is 9.59 Å². The molecule has 2 amide bonds. The smallest absolute Gasteiger partial charge is 0.275 e. The highest BCUT2D eigenvalue weighted by Crippen LogP contribution is 2.43. The van der Waals surface area contributed by atoms with Gasteiger partial charge in [-0.2, -0.15) is 5.10 Å². The SMILES string of the molecule is O=C1NN=C(C2CC2)/C1=C1\C=C(Sc2ccc(NC(=O)C3CC3)cc2)c2ccccc2N1. The number of benzene rings is 2. The summed E-state index contributed by atoms with van der Waals surface area (Å²) < 4.78 is 0. The van der Waals surface area contributed by atoms with E-state index >= 15 is 0 Å². The molecule has 2 aromatic carbocycles. The molecule has 160 valence electrons. The van der Waals surface area contributed by atoms with Crippen molar-refractivity contribution in [2.75, 3.05) is 10.6 Å². The molecule has 0 atom stereocenters. The Morgan fingerprint density at radius 2 is 1.81 bits per heavy atom. The topological polar surface area (TPSA) is 82.6 Å². The van der Waals surface area contributed by atoms with Crippen LogP contribution in [0.5, 0.6) is 0 Å². The van der Waals surface area contributed by atoms with Crippen LogP contribution in [0.15, 0.2) is 75.9 Å². The van der Waals surface area contributed by atoms with Gasteiger partial charge in [0.15, 0.2) is 0 Å². The Morgan fingerprint density at radius 1 is 1.03 bits per heavy atom. The van der Waals surface area contributed by atoms with Crippen molar-refractivity contribution in [1.29, 1.82) is 0 Å². The highest BCUT2D eigenvalue weighted by molar-refractivity contribution is 8.08. The molecular weight excluding hydrogens is 420 g/mol. The van der Waals surface area contributed by atoms with E-state index in [0.29, 0.717) is 11.5 Å². The number of fused-ring (bicyclic) bond motifs is 1. The van der Waals surface area contributed by atoms with Gasteiger partial charge in [0.2, 0.25) is 5.91 Å². The van der Waals surface area contributed by atoms with Crippen LogP contribution >= 0.6 is 11.8 Å². The van der Waals surface area contributed by atoms with Crippen molar-refractivity contribution in [3.63, 3.8) is 0 Å². The molecule has 6 rings (SSSR count). The minimum Gasteiger partial charge on any atom is -0.354 e. The van der Waals surface area contributed by atoms with Crippen LogP contribution in [-0.2, 0) is 9.59 Å². The second-order valence-electron chi connectivity index (χ2n) is 8.57. The molecule has 0 saturated heterocycles. The molecule has 0 radical (unpaired) electrons. The molecule has 2 aromatic rings. The first kappa shape index (κ1) is 19.4. The number of anilines is 2. The van der Waals surface area contributed by atoms with Gasteiger partial charge in [-0.3, -0.25) is 9.59 Å². The maximum Gasteiger partial charge on any atom is 0.275 e. The lowest BCUT2D eigenvalue weighted by atomic mass is 10.0. The molecular formula is C25H22N4O2S. The molecule has 32 heavy (non-hydrogen) atoms. The summed E-state index contributed by atoms with van der Waals surface area (Å²) in [6.07, 6.45) is 6.19. The fourth-order valence-corrected chi connectivity index (χ4v) is 4.98. The summed E-state index contributed by atoms with van der Waals surface area (Å²) in [7, 11) is 0. The Hall–Kier alpha value is -3.32.